The van der Waals surface area contributed by atoms with Gasteiger partial charge in [0.15, 0.2) is 5.96 Å². The van der Waals surface area contributed by atoms with E-state index in [9.17, 15) is 0 Å². The first-order chi connectivity index (χ1) is 11.0. The van der Waals surface area contributed by atoms with E-state index in [1.54, 1.807) is 20.2 Å². The Labute approximate surface area is 164 Å². The fraction of sp³-hybridized carbons (Fsp3) is 0.375. The maximum absolute atomic E-state index is 5.96. The summed E-state index contributed by atoms with van der Waals surface area (Å²) in [4.78, 5) is 8.50. The third-order valence-electron chi connectivity index (χ3n) is 3.40. The van der Waals surface area contributed by atoms with E-state index in [0.29, 0.717) is 30.0 Å². The van der Waals surface area contributed by atoms with Crippen molar-refractivity contribution < 1.29 is 9.15 Å². The van der Waals surface area contributed by atoms with Crippen LogP contribution in [0.2, 0.25) is 5.02 Å². The van der Waals surface area contributed by atoms with Gasteiger partial charge in [0, 0.05) is 24.2 Å². The van der Waals surface area contributed by atoms with E-state index in [2.05, 4.69) is 20.6 Å². The summed E-state index contributed by atoms with van der Waals surface area (Å²) >= 11 is 5.96. The number of hydrogen-bond acceptors (Lipinski definition) is 4. The van der Waals surface area contributed by atoms with E-state index < -0.39 is 0 Å². The van der Waals surface area contributed by atoms with Crippen LogP contribution in [-0.2, 0) is 13.1 Å². The van der Waals surface area contributed by atoms with Gasteiger partial charge in [0.25, 0.3) is 0 Å². The zero-order valence-corrected chi connectivity index (χ0v) is 17.2. The molecule has 0 saturated heterocycles. The lowest BCUT2D eigenvalue weighted by molar-refractivity contribution is 0.409. The van der Waals surface area contributed by atoms with Gasteiger partial charge in [-0.3, -0.25) is 4.99 Å². The van der Waals surface area contributed by atoms with E-state index >= 15 is 0 Å². The molecule has 0 radical (unpaired) electrons. The molecule has 0 bridgehead atoms. The molecular weight excluding hydrogens is 443 g/mol. The van der Waals surface area contributed by atoms with Crippen molar-refractivity contribution in [3.63, 3.8) is 0 Å². The van der Waals surface area contributed by atoms with Crippen LogP contribution in [0.3, 0.4) is 0 Å². The molecule has 2 aromatic rings. The van der Waals surface area contributed by atoms with Crippen molar-refractivity contribution in [2.75, 3.05) is 14.2 Å². The highest BCUT2D eigenvalue weighted by atomic mass is 127. The average molecular weight is 465 g/mol. The molecule has 0 saturated carbocycles. The SMILES string of the molecule is CN=C(NCc1nc(C)c(C)o1)NCc1ccc(Cl)cc1OC.I. The largest absolute Gasteiger partial charge is 0.496 e. The lowest BCUT2D eigenvalue weighted by Gasteiger charge is -2.13. The van der Waals surface area contributed by atoms with Gasteiger partial charge in [-0.2, -0.15) is 0 Å². The monoisotopic (exact) mass is 464 g/mol. The van der Waals surface area contributed by atoms with Crippen LogP contribution in [0.1, 0.15) is 22.9 Å². The first-order valence-corrected chi connectivity index (χ1v) is 7.61. The second kappa shape index (κ2) is 9.73. The number of aliphatic imine (C=N–C) groups is 1. The maximum Gasteiger partial charge on any atom is 0.214 e. The number of rotatable bonds is 5. The van der Waals surface area contributed by atoms with E-state index in [1.807, 2.05) is 26.0 Å². The lowest BCUT2D eigenvalue weighted by Crippen LogP contribution is -2.36. The van der Waals surface area contributed by atoms with Crippen LogP contribution in [0.4, 0.5) is 0 Å². The Morgan fingerprint density at radius 1 is 1.29 bits per heavy atom. The van der Waals surface area contributed by atoms with Crippen LogP contribution < -0.4 is 15.4 Å². The number of ether oxygens (including phenoxy) is 1. The third kappa shape index (κ3) is 5.55. The predicted molar refractivity (Wildman–Crippen MR) is 106 cm³/mol. The molecule has 2 N–H and O–H groups in total. The molecule has 132 valence electrons. The minimum atomic E-state index is 0. The minimum Gasteiger partial charge on any atom is -0.496 e. The Hall–Kier alpha value is -1.48. The molecule has 1 heterocycles. The Kier molecular flexibility index (Phi) is 8.34. The number of nitrogens with one attached hydrogen (secondary N) is 2. The average Bonchev–Trinajstić information content (AvgIpc) is 2.86. The summed E-state index contributed by atoms with van der Waals surface area (Å²) in [5, 5.41) is 7.02. The molecule has 1 aromatic heterocycles. The van der Waals surface area contributed by atoms with Crippen LogP contribution in [0.5, 0.6) is 5.75 Å². The van der Waals surface area contributed by atoms with Crippen molar-refractivity contribution in [1.82, 2.24) is 15.6 Å². The van der Waals surface area contributed by atoms with E-state index in [1.165, 1.54) is 0 Å². The van der Waals surface area contributed by atoms with Crippen molar-refractivity contribution in [1.29, 1.82) is 0 Å². The first kappa shape index (κ1) is 20.6. The van der Waals surface area contributed by atoms with Crippen molar-refractivity contribution in [2.24, 2.45) is 4.99 Å². The molecule has 0 amide bonds. The first-order valence-electron chi connectivity index (χ1n) is 7.23. The minimum absolute atomic E-state index is 0. The highest BCUT2D eigenvalue weighted by Gasteiger charge is 2.08. The summed E-state index contributed by atoms with van der Waals surface area (Å²) in [6.45, 7) is 4.84. The molecule has 0 aliphatic heterocycles. The van der Waals surface area contributed by atoms with E-state index in [0.717, 1.165) is 22.8 Å². The van der Waals surface area contributed by atoms with Crippen LogP contribution in [0.25, 0.3) is 0 Å². The zero-order chi connectivity index (χ0) is 16.8. The predicted octanol–water partition coefficient (Wildman–Crippen LogP) is 3.44. The van der Waals surface area contributed by atoms with Crippen LogP contribution >= 0.6 is 35.6 Å². The highest BCUT2D eigenvalue weighted by Crippen LogP contribution is 2.22. The van der Waals surface area contributed by atoms with Gasteiger partial charge in [-0.1, -0.05) is 17.7 Å². The van der Waals surface area contributed by atoms with Crippen molar-refractivity contribution in [3.8, 4) is 5.75 Å². The normalized spacial score (nSPS) is 11.0. The summed E-state index contributed by atoms with van der Waals surface area (Å²) < 4.78 is 10.9. The number of halogens is 2. The number of aromatic nitrogens is 1. The second-order valence-electron chi connectivity index (χ2n) is 4.98. The summed E-state index contributed by atoms with van der Waals surface area (Å²) in [6.07, 6.45) is 0. The number of nitrogens with zero attached hydrogens (tertiary/aromatic N) is 2. The lowest BCUT2D eigenvalue weighted by atomic mass is 10.2. The van der Waals surface area contributed by atoms with Gasteiger partial charge in [0.05, 0.1) is 19.3 Å². The summed E-state index contributed by atoms with van der Waals surface area (Å²) in [6, 6.07) is 5.53. The van der Waals surface area contributed by atoms with Gasteiger partial charge in [0.2, 0.25) is 5.89 Å². The quantitative estimate of drug-likeness (QED) is 0.403. The molecule has 8 heteroatoms. The number of benzene rings is 1. The third-order valence-corrected chi connectivity index (χ3v) is 3.63. The Morgan fingerprint density at radius 3 is 2.58 bits per heavy atom. The summed E-state index contributed by atoms with van der Waals surface area (Å²) in [5.41, 5.74) is 1.89. The molecule has 0 aliphatic rings. The Balaban J connectivity index is 0.00000288. The zero-order valence-electron chi connectivity index (χ0n) is 14.1. The standard InChI is InChI=1S/C16H21ClN4O2.HI/c1-10-11(2)23-15(21-10)9-20-16(18-3)19-8-12-5-6-13(17)7-14(12)22-4;/h5-7H,8-9H2,1-4H3,(H2,18,19,20);1H. The molecule has 0 atom stereocenters. The molecule has 1 aromatic carbocycles. The summed E-state index contributed by atoms with van der Waals surface area (Å²) in [5.74, 6) is 2.84. The van der Waals surface area contributed by atoms with Gasteiger partial charge >= 0.3 is 0 Å². The number of methoxy groups -OCH3 is 1. The molecule has 24 heavy (non-hydrogen) atoms. The van der Waals surface area contributed by atoms with Gasteiger partial charge < -0.3 is 19.8 Å². The maximum atomic E-state index is 5.96. The highest BCUT2D eigenvalue weighted by molar-refractivity contribution is 14.0. The molecule has 2 rings (SSSR count). The Morgan fingerprint density at radius 2 is 2.00 bits per heavy atom. The Bertz CT molecular complexity index is 684. The number of aryl methyl sites for hydroxylation is 2. The van der Waals surface area contributed by atoms with Crippen molar-refractivity contribution in [2.45, 2.75) is 26.9 Å². The van der Waals surface area contributed by atoms with E-state index in [4.69, 9.17) is 20.8 Å². The van der Waals surface area contributed by atoms with Crippen LogP contribution in [0.15, 0.2) is 27.6 Å². The number of hydrogen-bond donors (Lipinski definition) is 2. The van der Waals surface area contributed by atoms with Crippen LogP contribution in [0, 0.1) is 13.8 Å². The second-order valence-corrected chi connectivity index (χ2v) is 5.42. The fourth-order valence-corrected chi connectivity index (χ4v) is 2.20. The molecular formula is C16H22ClIN4O2. The topological polar surface area (TPSA) is 71.7 Å². The molecule has 0 unspecified atom stereocenters. The van der Waals surface area contributed by atoms with Gasteiger partial charge in [-0.15, -0.1) is 24.0 Å². The van der Waals surface area contributed by atoms with E-state index in [-0.39, 0.29) is 24.0 Å². The molecule has 6 nitrogen and oxygen atoms in total. The summed E-state index contributed by atoms with van der Waals surface area (Å²) in [7, 11) is 3.33. The van der Waals surface area contributed by atoms with Crippen molar-refractivity contribution >= 4 is 41.5 Å². The van der Waals surface area contributed by atoms with Crippen LogP contribution in [-0.4, -0.2) is 25.1 Å². The number of oxazole rings is 1. The molecule has 0 fully saturated rings. The van der Waals surface area contributed by atoms with Gasteiger partial charge in [-0.25, -0.2) is 4.98 Å². The fourth-order valence-electron chi connectivity index (χ4n) is 2.04. The van der Waals surface area contributed by atoms with Crippen molar-refractivity contribution in [3.05, 3.63) is 46.1 Å². The molecule has 0 spiro atoms. The van der Waals surface area contributed by atoms with Gasteiger partial charge in [0.1, 0.15) is 11.5 Å². The number of guanidine groups is 1. The smallest absolute Gasteiger partial charge is 0.214 e. The molecule has 0 aliphatic carbocycles. The van der Waals surface area contributed by atoms with Gasteiger partial charge in [-0.05, 0) is 26.0 Å².